The van der Waals surface area contributed by atoms with E-state index in [0.717, 1.165) is 22.7 Å². The van der Waals surface area contributed by atoms with Gasteiger partial charge in [-0.05, 0) is 67.6 Å². The summed E-state index contributed by atoms with van der Waals surface area (Å²) in [6, 6.07) is 38.3. The fourth-order valence-corrected chi connectivity index (χ4v) is 3.50. The molecule has 0 bridgehead atoms. The van der Waals surface area contributed by atoms with E-state index in [4.69, 9.17) is 0 Å². The maximum absolute atomic E-state index is 3.46. The molecule has 184 valence electrons. The molecule has 0 saturated carbocycles. The topological polar surface area (TPSA) is 6.48 Å². The highest BCUT2D eigenvalue weighted by atomic mass is 15.1. The van der Waals surface area contributed by atoms with E-state index in [-0.39, 0.29) is 0 Å². The van der Waals surface area contributed by atoms with E-state index in [2.05, 4.69) is 140 Å². The zero-order valence-electron chi connectivity index (χ0n) is 22.0. The minimum Gasteiger partial charge on any atom is -0.345 e. The normalized spacial score (nSPS) is 9.78. The highest BCUT2D eigenvalue weighted by Crippen LogP contribution is 2.35. The second-order valence-electron chi connectivity index (χ2n) is 7.77. The molecule has 0 N–H and O–H groups in total. The van der Waals surface area contributed by atoms with Crippen molar-refractivity contribution in [1.82, 2.24) is 0 Å². The first-order valence-electron chi connectivity index (χ1n) is 12.3. The average molecular weight is 475 g/mol. The zero-order chi connectivity index (χ0) is 26.2. The van der Waals surface area contributed by atoms with Gasteiger partial charge >= 0.3 is 0 Å². The lowest BCUT2D eigenvalue weighted by molar-refractivity contribution is 1.20. The molecule has 4 rings (SSSR count). The lowest BCUT2D eigenvalue weighted by Crippen LogP contribution is -2.11. The van der Waals surface area contributed by atoms with Crippen molar-refractivity contribution in [3.63, 3.8) is 0 Å². The summed E-state index contributed by atoms with van der Waals surface area (Å²) >= 11 is 0. The summed E-state index contributed by atoms with van der Waals surface area (Å²) in [7, 11) is 2.10. The van der Waals surface area contributed by atoms with Gasteiger partial charge in [0.2, 0.25) is 0 Å². The number of rotatable bonds is 7. The number of allylic oxidation sites excluding steroid dienone is 4. The third kappa shape index (κ3) is 8.18. The number of anilines is 5. The van der Waals surface area contributed by atoms with Crippen LogP contribution < -0.4 is 9.80 Å². The lowest BCUT2D eigenvalue weighted by Gasteiger charge is -2.26. The van der Waals surface area contributed by atoms with Gasteiger partial charge in [0.05, 0.1) is 0 Å². The Labute approximate surface area is 218 Å². The molecular formula is C34H38N2. The molecule has 0 aliphatic heterocycles. The van der Waals surface area contributed by atoms with Crippen LogP contribution in [0, 0.1) is 6.92 Å². The standard InChI is InChI=1S/C26H24N2.C6H8.C2H6/c1-21-13-15-25(16-14-21)28(24-11-7-4-8-12-24)26-19-17-23(18-20-26)27(2)22-9-5-3-6-10-22;1-3-5-6-4-2;1-2/h3-20H,1-2H3;3-6H,1-2H2;1-2H3/b;6-5-;. The maximum Gasteiger partial charge on any atom is 0.0463 e. The monoisotopic (exact) mass is 474 g/mol. The fourth-order valence-electron chi connectivity index (χ4n) is 3.50. The van der Waals surface area contributed by atoms with E-state index in [9.17, 15) is 0 Å². The van der Waals surface area contributed by atoms with E-state index >= 15 is 0 Å². The first kappa shape index (κ1) is 27.9. The molecule has 0 amide bonds. The van der Waals surface area contributed by atoms with Crippen molar-refractivity contribution < 1.29 is 0 Å². The van der Waals surface area contributed by atoms with Crippen LogP contribution in [0.15, 0.2) is 147 Å². The Morgan fingerprint density at radius 2 is 0.833 bits per heavy atom. The van der Waals surface area contributed by atoms with Gasteiger partial charge in [0, 0.05) is 35.5 Å². The van der Waals surface area contributed by atoms with Crippen LogP contribution in [0.4, 0.5) is 28.4 Å². The van der Waals surface area contributed by atoms with E-state index < -0.39 is 0 Å². The van der Waals surface area contributed by atoms with Crippen molar-refractivity contribution >= 4 is 28.4 Å². The Morgan fingerprint density at radius 3 is 1.28 bits per heavy atom. The van der Waals surface area contributed by atoms with E-state index in [1.165, 1.54) is 11.3 Å². The Kier molecular flexibility index (Phi) is 12.1. The number of benzene rings is 4. The summed E-state index contributed by atoms with van der Waals surface area (Å²) in [6.45, 7) is 13.0. The molecule has 4 aromatic rings. The van der Waals surface area contributed by atoms with Crippen LogP contribution in [-0.4, -0.2) is 7.05 Å². The smallest absolute Gasteiger partial charge is 0.0463 e. The average Bonchev–Trinajstić information content (AvgIpc) is 2.95. The number of hydrogen-bond acceptors (Lipinski definition) is 2. The number of nitrogens with zero attached hydrogens (tertiary/aromatic N) is 2. The minimum absolute atomic E-state index is 1.14. The molecule has 2 heteroatoms. The van der Waals surface area contributed by atoms with Gasteiger partial charge in [-0.1, -0.05) is 105 Å². The molecule has 36 heavy (non-hydrogen) atoms. The van der Waals surface area contributed by atoms with E-state index in [0.29, 0.717) is 0 Å². The highest BCUT2D eigenvalue weighted by molar-refractivity contribution is 5.78. The first-order chi connectivity index (χ1) is 17.6. The molecule has 0 saturated heterocycles. The van der Waals surface area contributed by atoms with Gasteiger partial charge in [-0.3, -0.25) is 0 Å². The summed E-state index contributed by atoms with van der Waals surface area (Å²) in [5, 5.41) is 0. The van der Waals surface area contributed by atoms with Crippen molar-refractivity contribution in [1.29, 1.82) is 0 Å². The summed E-state index contributed by atoms with van der Waals surface area (Å²) in [5.41, 5.74) is 7.04. The lowest BCUT2D eigenvalue weighted by atomic mass is 10.1. The predicted octanol–water partition coefficient (Wildman–Crippen LogP) is 10.2. The molecule has 0 spiro atoms. The van der Waals surface area contributed by atoms with Crippen LogP contribution in [0.5, 0.6) is 0 Å². The van der Waals surface area contributed by atoms with Crippen molar-refractivity contribution in [2.45, 2.75) is 20.8 Å². The first-order valence-corrected chi connectivity index (χ1v) is 12.3. The van der Waals surface area contributed by atoms with E-state index in [1.54, 1.807) is 12.2 Å². The van der Waals surface area contributed by atoms with Crippen LogP contribution in [0.2, 0.25) is 0 Å². The molecule has 0 aromatic heterocycles. The third-order valence-electron chi connectivity index (χ3n) is 5.33. The van der Waals surface area contributed by atoms with Crippen LogP contribution >= 0.6 is 0 Å². The molecule has 0 aliphatic carbocycles. The quantitative estimate of drug-likeness (QED) is 0.246. The third-order valence-corrected chi connectivity index (χ3v) is 5.33. The summed E-state index contributed by atoms with van der Waals surface area (Å²) in [6.07, 6.45) is 7.07. The maximum atomic E-state index is 3.46. The van der Waals surface area contributed by atoms with Crippen LogP contribution in [0.3, 0.4) is 0 Å². The van der Waals surface area contributed by atoms with Gasteiger partial charge in [-0.25, -0.2) is 0 Å². The Hall–Kier alpha value is -4.30. The molecule has 4 aromatic carbocycles. The number of aryl methyl sites for hydroxylation is 1. The van der Waals surface area contributed by atoms with Gasteiger partial charge in [-0.15, -0.1) is 0 Å². The Morgan fingerprint density at radius 1 is 0.500 bits per heavy atom. The molecule has 0 atom stereocenters. The van der Waals surface area contributed by atoms with Gasteiger partial charge in [0.1, 0.15) is 0 Å². The van der Waals surface area contributed by atoms with Crippen molar-refractivity contribution in [2.24, 2.45) is 0 Å². The molecule has 0 heterocycles. The molecule has 0 unspecified atom stereocenters. The summed E-state index contributed by atoms with van der Waals surface area (Å²) < 4.78 is 0. The summed E-state index contributed by atoms with van der Waals surface area (Å²) in [5.74, 6) is 0. The zero-order valence-corrected chi connectivity index (χ0v) is 22.0. The molecule has 0 fully saturated rings. The van der Waals surface area contributed by atoms with Gasteiger partial charge in [0.25, 0.3) is 0 Å². The minimum atomic E-state index is 1.14. The SMILES string of the molecule is C=C/C=C\C=C.CC.Cc1ccc(N(c2ccccc2)c2ccc(N(C)c3ccccc3)cc2)cc1. The highest BCUT2D eigenvalue weighted by Gasteiger charge is 2.12. The summed E-state index contributed by atoms with van der Waals surface area (Å²) in [4.78, 5) is 4.48. The van der Waals surface area contributed by atoms with Crippen molar-refractivity contribution in [2.75, 3.05) is 16.8 Å². The van der Waals surface area contributed by atoms with Crippen molar-refractivity contribution in [3.05, 3.63) is 152 Å². The second kappa shape index (κ2) is 15.6. The molecule has 2 nitrogen and oxygen atoms in total. The van der Waals surface area contributed by atoms with Gasteiger partial charge in [0.15, 0.2) is 0 Å². The molecular weight excluding hydrogens is 436 g/mol. The van der Waals surface area contributed by atoms with E-state index in [1.807, 2.05) is 32.1 Å². The Balaban J connectivity index is 0.000000502. The fraction of sp³-hybridized carbons (Fsp3) is 0.118. The Bertz CT molecular complexity index is 1170. The second-order valence-corrected chi connectivity index (χ2v) is 7.77. The predicted molar refractivity (Wildman–Crippen MR) is 161 cm³/mol. The van der Waals surface area contributed by atoms with Crippen LogP contribution in [0.1, 0.15) is 19.4 Å². The van der Waals surface area contributed by atoms with Gasteiger partial charge in [-0.2, -0.15) is 0 Å². The van der Waals surface area contributed by atoms with Gasteiger partial charge < -0.3 is 9.80 Å². The van der Waals surface area contributed by atoms with Crippen molar-refractivity contribution in [3.8, 4) is 0 Å². The number of para-hydroxylation sites is 2. The molecule has 0 aliphatic rings. The largest absolute Gasteiger partial charge is 0.345 e. The van der Waals surface area contributed by atoms with Crippen LogP contribution in [0.25, 0.3) is 0 Å². The number of hydrogen-bond donors (Lipinski definition) is 0. The van der Waals surface area contributed by atoms with Crippen LogP contribution in [-0.2, 0) is 0 Å². The molecule has 0 radical (unpaired) electrons.